The fourth-order valence-corrected chi connectivity index (χ4v) is 0.923. The number of hydrogen-bond donors (Lipinski definition) is 1. The predicted octanol–water partition coefficient (Wildman–Crippen LogP) is 0.0117. The van der Waals surface area contributed by atoms with E-state index in [0.717, 1.165) is 0 Å². The number of hydrogen-bond acceptors (Lipinski definition) is 4. The molecule has 0 aliphatic heterocycles. The third-order valence-corrected chi connectivity index (χ3v) is 1.63. The van der Waals surface area contributed by atoms with Crippen molar-refractivity contribution in [2.45, 2.75) is 18.8 Å². The molecule has 0 aromatic carbocycles. The molecule has 82 valence electrons. The van der Waals surface area contributed by atoms with Gasteiger partial charge < -0.3 is 10.5 Å². The van der Waals surface area contributed by atoms with Gasteiger partial charge in [-0.25, -0.2) is 4.39 Å². The molecule has 0 saturated heterocycles. The van der Waals surface area contributed by atoms with Crippen LogP contribution in [0.5, 0.6) is 0 Å². The van der Waals surface area contributed by atoms with Crippen molar-refractivity contribution < 1.29 is 9.13 Å². The number of rotatable bonds is 5. The molecule has 14 heavy (non-hydrogen) atoms. The standard InChI is InChI=1S/C7H13FN4O.ClH/c1-13-5-6(8)7(9)4-12-10-2-3-11-12;/h2-3,6-7H,4-5,9H2,1H3;1H/t6-,7-;/m1./s1. The summed E-state index contributed by atoms with van der Waals surface area (Å²) in [6, 6.07) is -0.632. The Kier molecular flexibility index (Phi) is 6.35. The highest BCUT2D eigenvalue weighted by Crippen LogP contribution is 1.99. The van der Waals surface area contributed by atoms with Gasteiger partial charge in [-0.3, -0.25) is 0 Å². The Morgan fingerprint density at radius 1 is 1.50 bits per heavy atom. The van der Waals surface area contributed by atoms with Crippen LogP contribution in [0.4, 0.5) is 4.39 Å². The lowest BCUT2D eigenvalue weighted by molar-refractivity contribution is 0.102. The molecule has 0 fully saturated rings. The maximum absolute atomic E-state index is 13.1. The van der Waals surface area contributed by atoms with Crippen molar-refractivity contribution in [1.82, 2.24) is 15.0 Å². The second-order valence-corrected chi connectivity index (χ2v) is 2.72. The third-order valence-electron chi connectivity index (χ3n) is 1.63. The summed E-state index contributed by atoms with van der Waals surface area (Å²) in [6.07, 6.45) is 1.86. The van der Waals surface area contributed by atoms with Crippen LogP contribution in [0.2, 0.25) is 0 Å². The summed E-state index contributed by atoms with van der Waals surface area (Å²) >= 11 is 0. The van der Waals surface area contributed by atoms with Crippen molar-refractivity contribution >= 4 is 12.4 Å². The Bertz CT molecular complexity index is 234. The molecule has 5 nitrogen and oxygen atoms in total. The zero-order chi connectivity index (χ0) is 9.68. The lowest BCUT2D eigenvalue weighted by atomic mass is 10.2. The fourth-order valence-electron chi connectivity index (χ4n) is 0.923. The molecule has 1 rings (SSSR count). The first-order chi connectivity index (χ1) is 6.24. The lowest BCUT2D eigenvalue weighted by Crippen LogP contribution is -2.39. The van der Waals surface area contributed by atoms with Crippen molar-refractivity contribution in [3.8, 4) is 0 Å². The van der Waals surface area contributed by atoms with Crippen LogP contribution in [0.1, 0.15) is 0 Å². The van der Waals surface area contributed by atoms with Crippen molar-refractivity contribution in [2.24, 2.45) is 5.73 Å². The van der Waals surface area contributed by atoms with Crippen LogP contribution in [-0.4, -0.2) is 40.9 Å². The van der Waals surface area contributed by atoms with E-state index in [9.17, 15) is 4.39 Å². The highest BCUT2D eigenvalue weighted by Gasteiger charge is 2.17. The Hall–Kier alpha value is -0.720. The number of methoxy groups -OCH3 is 1. The summed E-state index contributed by atoms with van der Waals surface area (Å²) in [7, 11) is 1.44. The van der Waals surface area contributed by atoms with Gasteiger partial charge in [0, 0.05) is 7.11 Å². The average molecular weight is 225 g/mol. The Labute approximate surface area is 87.8 Å². The van der Waals surface area contributed by atoms with Crippen LogP contribution >= 0.6 is 12.4 Å². The average Bonchev–Trinajstić information content (AvgIpc) is 2.57. The molecule has 1 aromatic rings. The quantitative estimate of drug-likeness (QED) is 0.766. The molecular weight excluding hydrogens is 211 g/mol. The number of nitrogens with two attached hydrogens (primary N) is 1. The van der Waals surface area contributed by atoms with Gasteiger partial charge in [0.25, 0.3) is 0 Å². The van der Waals surface area contributed by atoms with E-state index in [1.807, 2.05) is 0 Å². The minimum Gasteiger partial charge on any atom is -0.382 e. The van der Waals surface area contributed by atoms with Crippen LogP contribution in [-0.2, 0) is 11.3 Å². The Balaban J connectivity index is 0.00000169. The smallest absolute Gasteiger partial charge is 0.140 e. The summed E-state index contributed by atoms with van der Waals surface area (Å²) in [6.45, 7) is 0.264. The molecule has 7 heteroatoms. The summed E-state index contributed by atoms with van der Waals surface area (Å²) < 4.78 is 17.7. The molecule has 0 radical (unpaired) electrons. The second kappa shape index (κ2) is 6.69. The van der Waals surface area contributed by atoms with Crippen LogP contribution in [0, 0.1) is 0 Å². The summed E-state index contributed by atoms with van der Waals surface area (Å²) in [5.74, 6) is 0. The molecule has 1 aromatic heterocycles. The first-order valence-electron chi connectivity index (χ1n) is 3.96. The van der Waals surface area contributed by atoms with E-state index >= 15 is 0 Å². The van der Waals surface area contributed by atoms with E-state index in [1.54, 1.807) is 0 Å². The van der Waals surface area contributed by atoms with E-state index in [2.05, 4.69) is 14.9 Å². The van der Waals surface area contributed by atoms with Gasteiger partial charge in [-0.2, -0.15) is 15.0 Å². The van der Waals surface area contributed by atoms with Gasteiger partial charge in [0.1, 0.15) is 6.17 Å². The summed E-state index contributed by atoms with van der Waals surface area (Å²) in [5.41, 5.74) is 5.54. The van der Waals surface area contributed by atoms with E-state index in [1.165, 1.54) is 24.3 Å². The molecule has 2 atom stereocenters. The Morgan fingerprint density at radius 3 is 2.57 bits per heavy atom. The van der Waals surface area contributed by atoms with Gasteiger partial charge in [0.05, 0.1) is 31.6 Å². The number of ether oxygens (including phenoxy) is 1. The van der Waals surface area contributed by atoms with Crippen molar-refractivity contribution in [2.75, 3.05) is 13.7 Å². The van der Waals surface area contributed by atoms with E-state index in [0.29, 0.717) is 0 Å². The van der Waals surface area contributed by atoms with Crippen LogP contribution in [0.25, 0.3) is 0 Å². The number of nitrogens with zero attached hydrogens (tertiary/aromatic N) is 3. The fraction of sp³-hybridized carbons (Fsp3) is 0.714. The highest BCUT2D eigenvalue weighted by molar-refractivity contribution is 5.85. The molecule has 0 aliphatic rings. The number of aromatic nitrogens is 3. The molecule has 0 unspecified atom stereocenters. The molecule has 0 bridgehead atoms. The van der Waals surface area contributed by atoms with Gasteiger partial charge in [-0.1, -0.05) is 0 Å². The van der Waals surface area contributed by atoms with Crippen LogP contribution in [0.15, 0.2) is 12.4 Å². The van der Waals surface area contributed by atoms with Gasteiger partial charge in [0.15, 0.2) is 0 Å². The zero-order valence-electron chi connectivity index (χ0n) is 7.84. The van der Waals surface area contributed by atoms with Gasteiger partial charge in [-0.05, 0) is 0 Å². The molecule has 0 aliphatic carbocycles. The van der Waals surface area contributed by atoms with Crippen molar-refractivity contribution in [1.29, 1.82) is 0 Å². The van der Waals surface area contributed by atoms with Crippen LogP contribution < -0.4 is 5.73 Å². The van der Waals surface area contributed by atoms with Gasteiger partial charge in [-0.15, -0.1) is 12.4 Å². The summed E-state index contributed by atoms with van der Waals surface area (Å²) in [4.78, 5) is 1.35. The predicted molar refractivity (Wildman–Crippen MR) is 52.0 cm³/mol. The minimum atomic E-state index is -1.18. The van der Waals surface area contributed by atoms with Gasteiger partial charge in [0.2, 0.25) is 0 Å². The van der Waals surface area contributed by atoms with Crippen molar-refractivity contribution in [3.05, 3.63) is 12.4 Å². The number of alkyl halides is 1. The third kappa shape index (κ3) is 3.99. The molecule has 0 amide bonds. The zero-order valence-corrected chi connectivity index (χ0v) is 8.65. The molecule has 1 heterocycles. The lowest BCUT2D eigenvalue weighted by Gasteiger charge is -2.14. The maximum Gasteiger partial charge on any atom is 0.140 e. The SMILES string of the molecule is COC[C@@H](F)[C@H](N)Cn1nccn1.Cl. The molecule has 0 saturated carbocycles. The van der Waals surface area contributed by atoms with E-state index < -0.39 is 12.2 Å². The first kappa shape index (κ1) is 13.3. The van der Waals surface area contributed by atoms with Crippen LogP contribution in [0.3, 0.4) is 0 Å². The normalized spacial score (nSPS) is 14.5. The van der Waals surface area contributed by atoms with Gasteiger partial charge >= 0.3 is 0 Å². The second-order valence-electron chi connectivity index (χ2n) is 2.72. The summed E-state index contributed by atoms with van der Waals surface area (Å²) in [5, 5.41) is 7.63. The van der Waals surface area contributed by atoms with Crippen molar-refractivity contribution in [3.63, 3.8) is 0 Å². The molecular formula is C7H14ClFN4O. The Morgan fingerprint density at radius 2 is 2.07 bits per heavy atom. The number of halogens is 2. The molecule has 0 spiro atoms. The monoisotopic (exact) mass is 224 g/mol. The first-order valence-corrected chi connectivity index (χ1v) is 3.96. The highest BCUT2D eigenvalue weighted by atomic mass is 35.5. The van der Waals surface area contributed by atoms with E-state index in [-0.39, 0.29) is 25.6 Å². The minimum absolute atomic E-state index is 0. The molecule has 2 N–H and O–H groups in total. The van der Waals surface area contributed by atoms with E-state index in [4.69, 9.17) is 5.73 Å². The topological polar surface area (TPSA) is 66.0 Å². The largest absolute Gasteiger partial charge is 0.382 e. The maximum atomic E-state index is 13.1.